The van der Waals surface area contributed by atoms with E-state index in [1.54, 1.807) is 55.1 Å². The molecule has 2 aliphatic heterocycles. The maximum Gasteiger partial charge on any atom is 0.338 e. The molecule has 2 fully saturated rings. The van der Waals surface area contributed by atoms with Gasteiger partial charge in [-0.05, 0) is 38.2 Å². The monoisotopic (exact) mass is 404 g/mol. The molecular weight excluding hydrogens is 384 g/mol. The Kier molecular flexibility index (Phi) is 5.15. The fraction of sp³-hybridized carbons (Fsp3) is 0.421. The van der Waals surface area contributed by atoms with E-state index in [0.29, 0.717) is 5.56 Å². The molecule has 2 aliphatic rings. The number of hydrogen-bond acceptors (Lipinski definition) is 8. The molecule has 8 nitrogen and oxygen atoms in total. The summed E-state index contributed by atoms with van der Waals surface area (Å²) in [5.74, 6) is -1.25. The van der Waals surface area contributed by atoms with Crippen LogP contribution in [0.15, 0.2) is 49.1 Å². The van der Waals surface area contributed by atoms with Gasteiger partial charge in [0.05, 0.1) is 5.56 Å². The Morgan fingerprint density at radius 3 is 2.79 bits per heavy atom. The Bertz CT molecular complexity index is 841. The molecule has 4 atom stereocenters. The number of carbonyl (C=O) groups is 1. The lowest BCUT2D eigenvalue weighted by Crippen LogP contribution is -2.41. The van der Waals surface area contributed by atoms with Gasteiger partial charge in [0.1, 0.15) is 19.0 Å². The van der Waals surface area contributed by atoms with Crippen molar-refractivity contribution in [2.45, 2.75) is 44.2 Å². The first kappa shape index (κ1) is 19.0. The SMILES string of the molecule is CC1(C)O[C@H]2O[C@H](COC(=O)c3ccccc3)[C@H](OC(=S)n3ccnc3)[C@H]2O1. The second kappa shape index (κ2) is 7.59. The number of imidazole rings is 1. The highest BCUT2D eigenvalue weighted by molar-refractivity contribution is 7.80. The van der Waals surface area contributed by atoms with Crippen LogP contribution in [0.3, 0.4) is 0 Å². The molecule has 0 radical (unpaired) electrons. The fourth-order valence-electron chi connectivity index (χ4n) is 3.18. The molecule has 0 N–H and O–H groups in total. The quantitative estimate of drug-likeness (QED) is 0.566. The van der Waals surface area contributed by atoms with Gasteiger partial charge < -0.3 is 23.7 Å². The minimum absolute atomic E-state index is 0.0227. The van der Waals surface area contributed by atoms with Crippen LogP contribution in [0.5, 0.6) is 0 Å². The summed E-state index contributed by atoms with van der Waals surface area (Å²) < 4.78 is 30.5. The minimum Gasteiger partial charge on any atom is -0.461 e. The topological polar surface area (TPSA) is 81.0 Å². The lowest BCUT2D eigenvalue weighted by Gasteiger charge is -2.26. The molecule has 28 heavy (non-hydrogen) atoms. The predicted molar refractivity (Wildman–Crippen MR) is 101 cm³/mol. The number of nitrogens with zero attached hydrogens (tertiary/aromatic N) is 2. The van der Waals surface area contributed by atoms with Crippen LogP contribution in [0.25, 0.3) is 0 Å². The molecule has 0 amide bonds. The van der Waals surface area contributed by atoms with E-state index in [4.69, 9.17) is 35.9 Å². The van der Waals surface area contributed by atoms with Crippen molar-refractivity contribution >= 4 is 23.4 Å². The summed E-state index contributed by atoms with van der Waals surface area (Å²) in [4.78, 5) is 16.2. The summed E-state index contributed by atoms with van der Waals surface area (Å²) in [5.41, 5.74) is 0.459. The maximum atomic E-state index is 12.2. The Balaban J connectivity index is 1.45. The predicted octanol–water partition coefficient (Wildman–Crippen LogP) is 2.13. The molecule has 4 rings (SSSR count). The molecule has 2 aromatic rings. The number of ether oxygens (including phenoxy) is 5. The van der Waals surface area contributed by atoms with E-state index in [1.807, 2.05) is 6.07 Å². The van der Waals surface area contributed by atoms with Crippen molar-refractivity contribution in [3.05, 3.63) is 54.6 Å². The molecular formula is C19H20N2O6S. The van der Waals surface area contributed by atoms with Gasteiger partial charge in [-0.15, -0.1) is 0 Å². The summed E-state index contributed by atoms with van der Waals surface area (Å²) in [7, 11) is 0. The van der Waals surface area contributed by atoms with Gasteiger partial charge in [0.25, 0.3) is 5.17 Å². The summed E-state index contributed by atoms with van der Waals surface area (Å²) in [6, 6.07) is 8.74. The standard InChI is InChI=1S/C19H20N2O6S/c1-19(2)26-15-14(25-18(28)21-9-8-20-11-21)13(24-17(15)27-19)10-23-16(22)12-6-4-3-5-7-12/h3-9,11,13-15,17H,10H2,1-2H3/t13-,14+,15-,17-/m1/s1. The number of fused-ring (bicyclic) bond motifs is 1. The van der Waals surface area contributed by atoms with Crippen LogP contribution in [0.4, 0.5) is 0 Å². The van der Waals surface area contributed by atoms with Crippen LogP contribution in [0.1, 0.15) is 24.2 Å². The fourth-order valence-corrected chi connectivity index (χ4v) is 3.40. The van der Waals surface area contributed by atoms with Crippen molar-refractivity contribution in [1.29, 1.82) is 0 Å². The Labute approximate surface area is 167 Å². The van der Waals surface area contributed by atoms with E-state index >= 15 is 0 Å². The first-order chi connectivity index (χ1) is 13.4. The lowest BCUT2D eigenvalue weighted by molar-refractivity contribution is -0.217. The van der Waals surface area contributed by atoms with Crippen LogP contribution >= 0.6 is 12.2 Å². The summed E-state index contributed by atoms with van der Waals surface area (Å²) >= 11 is 5.33. The van der Waals surface area contributed by atoms with Gasteiger partial charge in [0.15, 0.2) is 24.3 Å². The van der Waals surface area contributed by atoms with E-state index < -0.39 is 36.4 Å². The highest BCUT2D eigenvalue weighted by Gasteiger charge is 2.56. The summed E-state index contributed by atoms with van der Waals surface area (Å²) in [5, 5.41) is 0.194. The Morgan fingerprint density at radius 1 is 1.29 bits per heavy atom. The number of benzene rings is 1. The van der Waals surface area contributed by atoms with Crippen molar-refractivity contribution in [2.75, 3.05) is 6.61 Å². The van der Waals surface area contributed by atoms with Crippen LogP contribution < -0.4 is 0 Å². The van der Waals surface area contributed by atoms with Crippen molar-refractivity contribution in [1.82, 2.24) is 9.55 Å². The van der Waals surface area contributed by atoms with Crippen molar-refractivity contribution in [3.63, 3.8) is 0 Å². The Morgan fingerprint density at radius 2 is 2.07 bits per heavy atom. The first-order valence-electron chi connectivity index (χ1n) is 8.85. The second-order valence-electron chi connectivity index (χ2n) is 6.93. The molecule has 0 bridgehead atoms. The third-order valence-corrected chi connectivity index (χ3v) is 4.73. The molecule has 2 saturated heterocycles. The van der Waals surface area contributed by atoms with Gasteiger partial charge >= 0.3 is 5.97 Å². The molecule has 9 heteroatoms. The van der Waals surface area contributed by atoms with Gasteiger partial charge in [0.2, 0.25) is 0 Å². The van der Waals surface area contributed by atoms with Crippen LogP contribution in [0.2, 0.25) is 0 Å². The normalized spacial score (nSPS) is 27.9. The van der Waals surface area contributed by atoms with Crippen LogP contribution in [-0.2, 0) is 23.7 Å². The second-order valence-corrected chi connectivity index (χ2v) is 7.28. The number of hydrogen-bond donors (Lipinski definition) is 0. The van der Waals surface area contributed by atoms with Gasteiger partial charge in [-0.25, -0.2) is 9.78 Å². The summed E-state index contributed by atoms with van der Waals surface area (Å²) in [6.07, 6.45) is 2.47. The Hall–Kier alpha value is -2.33. The molecule has 148 valence electrons. The zero-order valence-electron chi connectivity index (χ0n) is 15.4. The largest absolute Gasteiger partial charge is 0.461 e. The third kappa shape index (κ3) is 3.93. The smallest absolute Gasteiger partial charge is 0.338 e. The van der Waals surface area contributed by atoms with E-state index in [2.05, 4.69) is 4.98 Å². The number of rotatable bonds is 4. The maximum absolute atomic E-state index is 12.2. The summed E-state index contributed by atoms with van der Waals surface area (Å²) in [6.45, 7) is 3.57. The van der Waals surface area contributed by atoms with Crippen molar-refractivity contribution < 1.29 is 28.5 Å². The van der Waals surface area contributed by atoms with Gasteiger partial charge in [-0.2, -0.15) is 0 Å². The van der Waals surface area contributed by atoms with E-state index in [-0.39, 0.29) is 11.8 Å². The van der Waals surface area contributed by atoms with E-state index in [1.165, 1.54) is 6.33 Å². The molecule has 1 aromatic heterocycles. The highest BCUT2D eigenvalue weighted by Crippen LogP contribution is 2.39. The zero-order valence-corrected chi connectivity index (χ0v) is 16.2. The highest BCUT2D eigenvalue weighted by atomic mass is 32.1. The average molecular weight is 404 g/mol. The number of aromatic nitrogens is 2. The van der Waals surface area contributed by atoms with Crippen LogP contribution in [0, 0.1) is 0 Å². The molecule has 0 spiro atoms. The minimum atomic E-state index is -0.806. The van der Waals surface area contributed by atoms with Gasteiger partial charge in [0, 0.05) is 12.4 Å². The van der Waals surface area contributed by atoms with Crippen molar-refractivity contribution in [2.24, 2.45) is 0 Å². The van der Waals surface area contributed by atoms with Gasteiger partial charge in [-0.3, -0.25) is 4.57 Å². The number of carbonyl (C=O) groups excluding carboxylic acids is 1. The van der Waals surface area contributed by atoms with E-state index in [0.717, 1.165) is 0 Å². The molecule has 0 unspecified atom stereocenters. The zero-order chi connectivity index (χ0) is 19.7. The molecule has 1 aromatic carbocycles. The average Bonchev–Trinajstić information content (AvgIpc) is 3.37. The van der Waals surface area contributed by atoms with Gasteiger partial charge in [-0.1, -0.05) is 18.2 Å². The molecule has 0 saturated carbocycles. The number of thiocarbonyl (C=S) groups is 1. The lowest BCUT2D eigenvalue weighted by atomic mass is 10.1. The first-order valence-corrected chi connectivity index (χ1v) is 9.26. The van der Waals surface area contributed by atoms with E-state index in [9.17, 15) is 4.79 Å². The van der Waals surface area contributed by atoms with Crippen molar-refractivity contribution in [3.8, 4) is 0 Å². The number of esters is 1. The van der Waals surface area contributed by atoms with Crippen LogP contribution in [-0.4, -0.2) is 57.7 Å². The third-order valence-electron chi connectivity index (χ3n) is 4.43. The molecule has 0 aliphatic carbocycles. The molecule has 3 heterocycles.